The van der Waals surface area contributed by atoms with E-state index in [1.807, 2.05) is 0 Å². The Kier molecular flexibility index (Phi) is 6.36. The first kappa shape index (κ1) is 18.3. The fourth-order valence-electron chi connectivity index (χ4n) is 1.90. The number of carbonyl (C=O) groups excluding carboxylic acids is 2. The number of hydrazone groups is 1. The van der Waals surface area contributed by atoms with E-state index >= 15 is 0 Å². The van der Waals surface area contributed by atoms with Crippen LogP contribution in [-0.4, -0.2) is 31.7 Å². The Labute approximate surface area is 149 Å². The molecule has 2 amide bonds. The molecule has 2 aromatic rings. The van der Waals surface area contributed by atoms with Gasteiger partial charge in [-0.15, -0.1) is 0 Å². The van der Waals surface area contributed by atoms with Gasteiger partial charge in [0.25, 0.3) is 11.8 Å². The molecule has 0 aliphatic heterocycles. The van der Waals surface area contributed by atoms with Crippen molar-refractivity contribution in [1.29, 1.82) is 0 Å². The zero-order valence-electron chi connectivity index (χ0n) is 13.4. The lowest BCUT2D eigenvalue weighted by molar-refractivity contribution is -0.119. The number of primary amides is 1. The summed E-state index contributed by atoms with van der Waals surface area (Å²) in [5.41, 5.74) is 8.42. The Bertz CT molecular complexity index is 808. The molecule has 0 heterocycles. The molecule has 8 heteroatoms. The van der Waals surface area contributed by atoms with Gasteiger partial charge in [-0.25, -0.2) is 5.43 Å². The molecule has 2 rings (SSSR count). The van der Waals surface area contributed by atoms with Crippen LogP contribution in [0.4, 0.5) is 0 Å². The van der Waals surface area contributed by atoms with Gasteiger partial charge in [-0.2, -0.15) is 5.10 Å². The molecule has 0 radical (unpaired) electrons. The van der Waals surface area contributed by atoms with E-state index in [1.165, 1.54) is 13.3 Å². The number of hydrogen-bond donors (Lipinski definition) is 2. The standard InChI is InChI=1S/C17H16ClN3O4/c1-24-15-8-11(6-7-14(15)25-10-16(19)22)9-20-21-17(23)12-4-2-3-5-13(12)18/h2-9H,10H2,1H3,(H2,19,22)(H,21,23)/b20-9+. The number of carbonyl (C=O) groups is 2. The average Bonchev–Trinajstić information content (AvgIpc) is 2.60. The van der Waals surface area contributed by atoms with E-state index in [9.17, 15) is 9.59 Å². The van der Waals surface area contributed by atoms with Gasteiger partial charge in [0, 0.05) is 0 Å². The molecule has 0 spiro atoms. The van der Waals surface area contributed by atoms with Gasteiger partial charge in [0.05, 0.1) is 23.9 Å². The second-order valence-corrected chi connectivity index (χ2v) is 5.25. The Morgan fingerprint density at radius 3 is 2.68 bits per heavy atom. The van der Waals surface area contributed by atoms with Gasteiger partial charge in [-0.05, 0) is 35.9 Å². The van der Waals surface area contributed by atoms with E-state index in [1.54, 1.807) is 42.5 Å². The molecule has 0 aliphatic rings. The number of rotatable bonds is 7. The topological polar surface area (TPSA) is 103 Å². The molecule has 0 aliphatic carbocycles. The molecule has 2 aromatic carbocycles. The summed E-state index contributed by atoms with van der Waals surface area (Å²) in [6, 6.07) is 11.6. The number of methoxy groups -OCH3 is 1. The minimum Gasteiger partial charge on any atom is -0.493 e. The number of nitrogens with two attached hydrogens (primary N) is 1. The molecule has 0 saturated carbocycles. The fourth-order valence-corrected chi connectivity index (χ4v) is 2.13. The van der Waals surface area contributed by atoms with Crippen LogP contribution < -0.4 is 20.6 Å². The summed E-state index contributed by atoms with van der Waals surface area (Å²) in [5.74, 6) is -0.230. The number of amides is 2. The molecule has 0 aromatic heterocycles. The summed E-state index contributed by atoms with van der Waals surface area (Å²) in [6.45, 7) is -0.252. The number of hydrogen-bond acceptors (Lipinski definition) is 5. The van der Waals surface area contributed by atoms with Crippen molar-refractivity contribution in [2.75, 3.05) is 13.7 Å². The maximum Gasteiger partial charge on any atom is 0.272 e. The van der Waals surface area contributed by atoms with Crippen LogP contribution in [0, 0.1) is 0 Å². The normalized spacial score (nSPS) is 10.5. The van der Waals surface area contributed by atoms with Gasteiger partial charge in [0.1, 0.15) is 0 Å². The van der Waals surface area contributed by atoms with Crippen LogP contribution in [0.3, 0.4) is 0 Å². The summed E-state index contributed by atoms with van der Waals surface area (Å²) in [4.78, 5) is 22.8. The summed E-state index contributed by atoms with van der Waals surface area (Å²) < 4.78 is 10.4. The second-order valence-electron chi connectivity index (χ2n) is 4.84. The van der Waals surface area contributed by atoms with E-state index in [2.05, 4.69) is 10.5 Å². The summed E-state index contributed by atoms with van der Waals surface area (Å²) in [6.07, 6.45) is 1.44. The number of nitrogens with zero attached hydrogens (tertiary/aromatic N) is 1. The highest BCUT2D eigenvalue weighted by atomic mass is 35.5. The van der Waals surface area contributed by atoms with E-state index in [4.69, 9.17) is 26.8 Å². The lowest BCUT2D eigenvalue weighted by Gasteiger charge is -2.09. The van der Waals surface area contributed by atoms with Gasteiger partial charge in [0.15, 0.2) is 18.1 Å². The van der Waals surface area contributed by atoms with Gasteiger partial charge >= 0.3 is 0 Å². The largest absolute Gasteiger partial charge is 0.493 e. The van der Waals surface area contributed by atoms with Gasteiger partial charge in [-0.3, -0.25) is 9.59 Å². The molecule has 0 atom stereocenters. The SMILES string of the molecule is COc1cc(/C=N/NC(=O)c2ccccc2Cl)ccc1OCC(N)=O. The van der Waals surface area contributed by atoms with Crippen LogP contribution in [-0.2, 0) is 4.79 Å². The quantitative estimate of drug-likeness (QED) is 0.581. The molecule has 7 nitrogen and oxygen atoms in total. The maximum atomic E-state index is 12.0. The van der Waals surface area contributed by atoms with Crippen molar-refractivity contribution in [3.63, 3.8) is 0 Å². The van der Waals surface area contributed by atoms with E-state index in [0.29, 0.717) is 27.6 Å². The highest BCUT2D eigenvalue weighted by Gasteiger charge is 2.09. The molecule has 25 heavy (non-hydrogen) atoms. The molecular formula is C17H16ClN3O4. The lowest BCUT2D eigenvalue weighted by atomic mass is 10.2. The first-order chi connectivity index (χ1) is 12.0. The molecule has 130 valence electrons. The van der Waals surface area contributed by atoms with Crippen molar-refractivity contribution in [3.05, 3.63) is 58.6 Å². The first-order valence-electron chi connectivity index (χ1n) is 7.18. The van der Waals surface area contributed by atoms with Crippen molar-refractivity contribution in [2.45, 2.75) is 0 Å². The smallest absolute Gasteiger partial charge is 0.272 e. The monoisotopic (exact) mass is 361 g/mol. The second kappa shape index (κ2) is 8.70. The summed E-state index contributed by atoms with van der Waals surface area (Å²) >= 11 is 5.95. The molecule has 3 N–H and O–H groups in total. The Morgan fingerprint density at radius 1 is 1.24 bits per heavy atom. The Balaban J connectivity index is 2.04. The van der Waals surface area contributed by atoms with Crippen LogP contribution in [0.15, 0.2) is 47.6 Å². The van der Waals surface area contributed by atoms with E-state index in [-0.39, 0.29) is 6.61 Å². The minimum absolute atomic E-state index is 0.252. The Hall–Kier alpha value is -3.06. The fraction of sp³-hybridized carbons (Fsp3) is 0.118. The third-order valence-electron chi connectivity index (χ3n) is 3.06. The zero-order valence-corrected chi connectivity index (χ0v) is 14.1. The minimum atomic E-state index is -0.588. The number of ether oxygens (including phenoxy) is 2. The van der Waals surface area contributed by atoms with Crippen LogP contribution in [0.25, 0.3) is 0 Å². The van der Waals surface area contributed by atoms with Crippen molar-refractivity contribution >= 4 is 29.6 Å². The highest BCUT2D eigenvalue weighted by Crippen LogP contribution is 2.27. The predicted molar refractivity (Wildman–Crippen MR) is 94.2 cm³/mol. The first-order valence-corrected chi connectivity index (χ1v) is 7.56. The molecular weight excluding hydrogens is 346 g/mol. The van der Waals surface area contributed by atoms with Crippen molar-refractivity contribution in [1.82, 2.24) is 5.43 Å². The highest BCUT2D eigenvalue weighted by molar-refractivity contribution is 6.33. The number of halogens is 1. The number of benzene rings is 2. The van der Waals surface area contributed by atoms with E-state index < -0.39 is 11.8 Å². The van der Waals surface area contributed by atoms with Crippen molar-refractivity contribution < 1.29 is 19.1 Å². The molecule has 0 saturated heterocycles. The van der Waals surface area contributed by atoms with Crippen LogP contribution in [0.5, 0.6) is 11.5 Å². The van der Waals surface area contributed by atoms with Crippen LogP contribution in [0.1, 0.15) is 15.9 Å². The molecule has 0 unspecified atom stereocenters. The summed E-state index contributed by atoms with van der Waals surface area (Å²) in [5, 5.41) is 4.23. The van der Waals surface area contributed by atoms with Crippen molar-refractivity contribution in [3.8, 4) is 11.5 Å². The van der Waals surface area contributed by atoms with Crippen LogP contribution >= 0.6 is 11.6 Å². The number of nitrogens with one attached hydrogen (secondary N) is 1. The average molecular weight is 362 g/mol. The molecule has 0 bridgehead atoms. The third kappa shape index (κ3) is 5.22. The van der Waals surface area contributed by atoms with Gasteiger partial charge in [-0.1, -0.05) is 23.7 Å². The lowest BCUT2D eigenvalue weighted by Crippen LogP contribution is -2.20. The predicted octanol–water partition coefficient (Wildman–Crippen LogP) is 1.98. The van der Waals surface area contributed by atoms with Gasteiger partial charge in [0.2, 0.25) is 0 Å². The Morgan fingerprint density at radius 2 is 2.00 bits per heavy atom. The van der Waals surface area contributed by atoms with Crippen molar-refractivity contribution in [2.24, 2.45) is 10.8 Å². The maximum absolute atomic E-state index is 12.0. The third-order valence-corrected chi connectivity index (χ3v) is 3.39. The summed E-state index contributed by atoms with van der Waals surface area (Å²) in [7, 11) is 1.46. The van der Waals surface area contributed by atoms with Gasteiger partial charge < -0.3 is 15.2 Å². The van der Waals surface area contributed by atoms with Crippen LogP contribution in [0.2, 0.25) is 5.02 Å². The zero-order chi connectivity index (χ0) is 18.2. The molecule has 0 fully saturated rings. The van der Waals surface area contributed by atoms with E-state index in [0.717, 1.165) is 0 Å².